The zero-order chi connectivity index (χ0) is 13.1. The Bertz CT molecular complexity index is 397. The van der Waals surface area contributed by atoms with Gasteiger partial charge in [-0.25, -0.2) is 9.97 Å². The lowest BCUT2D eigenvalue weighted by molar-refractivity contribution is 0.178. The number of hydrogen-bond acceptors (Lipinski definition) is 4. The highest BCUT2D eigenvalue weighted by Gasteiger charge is 2.21. The molecular formula is C14H24N4. The fraction of sp³-hybridized carbons (Fsp3) is 0.714. The van der Waals surface area contributed by atoms with Gasteiger partial charge in [0.15, 0.2) is 0 Å². The van der Waals surface area contributed by atoms with Crippen LogP contribution in [0.2, 0.25) is 0 Å². The summed E-state index contributed by atoms with van der Waals surface area (Å²) in [6, 6.07) is 2.41. The Kier molecular flexibility index (Phi) is 4.30. The van der Waals surface area contributed by atoms with E-state index in [0.717, 1.165) is 43.4 Å². The van der Waals surface area contributed by atoms with Crippen LogP contribution in [0.3, 0.4) is 0 Å². The van der Waals surface area contributed by atoms with Crippen molar-refractivity contribution < 1.29 is 0 Å². The molecule has 18 heavy (non-hydrogen) atoms. The minimum absolute atomic E-state index is 0.310. The third-order valence-corrected chi connectivity index (χ3v) is 3.56. The van der Waals surface area contributed by atoms with Crippen molar-refractivity contribution in [2.75, 3.05) is 26.2 Å². The van der Waals surface area contributed by atoms with Crippen molar-refractivity contribution in [2.24, 2.45) is 0 Å². The Morgan fingerprint density at radius 2 is 1.83 bits per heavy atom. The summed E-state index contributed by atoms with van der Waals surface area (Å²) < 4.78 is 0. The monoisotopic (exact) mass is 248 g/mol. The van der Waals surface area contributed by atoms with E-state index in [4.69, 9.17) is 4.98 Å². The van der Waals surface area contributed by atoms with Gasteiger partial charge in [0.25, 0.3) is 0 Å². The predicted octanol–water partition coefficient (Wildman–Crippen LogP) is 1.87. The molecule has 1 atom stereocenters. The predicted molar refractivity (Wildman–Crippen MR) is 73.7 cm³/mol. The molecule has 0 radical (unpaired) electrons. The van der Waals surface area contributed by atoms with Gasteiger partial charge in [0.1, 0.15) is 5.82 Å². The third-order valence-electron chi connectivity index (χ3n) is 3.56. The standard InChI is InChI=1S/C14H24N4/c1-10(2)13-9-11(3)16-14(17-13)12(4)18-7-5-15-6-8-18/h9-10,12,15H,5-8H2,1-4H3. The molecule has 0 spiro atoms. The molecule has 1 saturated heterocycles. The van der Waals surface area contributed by atoms with Crippen LogP contribution in [0.15, 0.2) is 6.07 Å². The molecule has 1 aliphatic heterocycles. The van der Waals surface area contributed by atoms with Crippen molar-refractivity contribution in [3.8, 4) is 0 Å². The number of nitrogens with one attached hydrogen (secondary N) is 1. The van der Waals surface area contributed by atoms with E-state index in [1.54, 1.807) is 0 Å². The highest BCUT2D eigenvalue weighted by molar-refractivity contribution is 5.14. The van der Waals surface area contributed by atoms with E-state index in [2.05, 4.69) is 49.0 Å². The Morgan fingerprint density at radius 1 is 1.17 bits per heavy atom. The molecule has 4 heteroatoms. The van der Waals surface area contributed by atoms with E-state index in [-0.39, 0.29) is 0 Å². The van der Waals surface area contributed by atoms with Crippen molar-refractivity contribution in [3.05, 3.63) is 23.3 Å². The van der Waals surface area contributed by atoms with Gasteiger partial charge in [-0.05, 0) is 25.8 Å². The quantitative estimate of drug-likeness (QED) is 0.886. The summed E-state index contributed by atoms with van der Waals surface area (Å²) in [6.07, 6.45) is 0. The summed E-state index contributed by atoms with van der Waals surface area (Å²) in [7, 11) is 0. The van der Waals surface area contributed by atoms with Crippen LogP contribution in [-0.4, -0.2) is 41.0 Å². The molecule has 0 aliphatic carbocycles. The van der Waals surface area contributed by atoms with Gasteiger partial charge in [-0.2, -0.15) is 0 Å². The number of nitrogens with zero attached hydrogens (tertiary/aromatic N) is 3. The largest absolute Gasteiger partial charge is 0.314 e. The zero-order valence-electron chi connectivity index (χ0n) is 11.9. The number of aromatic nitrogens is 2. The van der Waals surface area contributed by atoms with Gasteiger partial charge in [0.05, 0.1) is 6.04 Å². The van der Waals surface area contributed by atoms with Gasteiger partial charge in [-0.15, -0.1) is 0 Å². The van der Waals surface area contributed by atoms with E-state index in [1.807, 2.05) is 0 Å². The molecule has 0 bridgehead atoms. The lowest BCUT2D eigenvalue weighted by Gasteiger charge is -2.32. The van der Waals surface area contributed by atoms with Gasteiger partial charge < -0.3 is 5.32 Å². The Balaban J connectivity index is 2.20. The molecule has 2 rings (SSSR count). The summed E-state index contributed by atoms with van der Waals surface area (Å²) in [4.78, 5) is 11.8. The lowest BCUT2D eigenvalue weighted by atomic mass is 10.1. The first kappa shape index (κ1) is 13.4. The maximum Gasteiger partial charge on any atom is 0.145 e. The summed E-state index contributed by atoms with van der Waals surface area (Å²) in [5.74, 6) is 1.43. The van der Waals surface area contributed by atoms with Crippen LogP contribution in [0, 0.1) is 6.92 Å². The highest BCUT2D eigenvalue weighted by atomic mass is 15.2. The number of rotatable bonds is 3. The highest BCUT2D eigenvalue weighted by Crippen LogP contribution is 2.20. The molecule has 4 nitrogen and oxygen atoms in total. The maximum atomic E-state index is 4.74. The molecule has 1 N–H and O–H groups in total. The minimum atomic E-state index is 0.310. The maximum absolute atomic E-state index is 4.74. The summed E-state index contributed by atoms with van der Waals surface area (Å²) in [5.41, 5.74) is 2.23. The summed E-state index contributed by atoms with van der Waals surface area (Å²) in [5, 5.41) is 3.38. The van der Waals surface area contributed by atoms with Crippen LogP contribution in [0.1, 0.15) is 49.9 Å². The average molecular weight is 248 g/mol. The summed E-state index contributed by atoms with van der Waals surface area (Å²) in [6.45, 7) is 12.9. The van der Waals surface area contributed by atoms with Gasteiger partial charge in [0, 0.05) is 37.6 Å². The van der Waals surface area contributed by atoms with E-state index in [9.17, 15) is 0 Å². The molecular weight excluding hydrogens is 224 g/mol. The lowest BCUT2D eigenvalue weighted by Crippen LogP contribution is -2.44. The SMILES string of the molecule is Cc1cc(C(C)C)nc(C(C)N2CCNCC2)n1. The molecule has 1 fully saturated rings. The van der Waals surface area contributed by atoms with E-state index >= 15 is 0 Å². The van der Waals surface area contributed by atoms with Gasteiger partial charge in [-0.1, -0.05) is 13.8 Å². The first-order valence-electron chi connectivity index (χ1n) is 6.88. The van der Waals surface area contributed by atoms with Crippen LogP contribution >= 0.6 is 0 Å². The number of piperazine rings is 1. The molecule has 100 valence electrons. The molecule has 0 saturated carbocycles. The van der Waals surface area contributed by atoms with Gasteiger partial charge in [0.2, 0.25) is 0 Å². The van der Waals surface area contributed by atoms with Gasteiger partial charge in [-0.3, -0.25) is 4.90 Å². The van der Waals surface area contributed by atoms with Crippen LogP contribution in [0.4, 0.5) is 0 Å². The first-order valence-corrected chi connectivity index (χ1v) is 6.88. The van der Waals surface area contributed by atoms with Crippen molar-refractivity contribution >= 4 is 0 Å². The second-order valence-electron chi connectivity index (χ2n) is 5.41. The Hall–Kier alpha value is -1.00. The van der Waals surface area contributed by atoms with Crippen molar-refractivity contribution in [2.45, 2.75) is 39.7 Å². The second kappa shape index (κ2) is 5.76. The van der Waals surface area contributed by atoms with Crippen molar-refractivity contribution in [1.82, 2.24) is 20.2 Å². The Morgan fingerprint density at radius 3 is 2.44 bits per heavy atom. The van der Waals surface area contributed by atoms with Crippen molar-refractivity contribution in [1.29, 1.82) is 0 Å². The third kappa shape index (κ3) is 3.06. The number of aryl methyl sites for hydroxylation is 1. The fourth-order valence-electron chi connectivity index (χ4n) is 2.33. The second-order valence-corrected chi connectivity index (χ2v) is 5.41. The number of hydrogen-bond donors (Lipinski definition) is 1. The molecule has 0 aromatic carbocycles. The summed E-state index contributed by atoms with van der Waals surface area (Å²) >= 11 is 0. The van der Waals surface area contributed by atoms with Crippen molar-refractivity contribution in [3.63, 3.8) is 0 Å². The molecule has 2 heterocycles. The zero-order valence-corrected chi connectivity index (χ0v) is 11.9. The first-order chi connectivity index (χ1) is 8.58. The van der Waals surface area contributed by atoms with Gasteiger partial charge >= 0.3 is 0 Å². The molecule has 1 unspecified atom stereocenters. The fourth-order valence-corrected chi connectivity index (χ4v) is 2.33. The molecule has 1 aromatic rings. The normalized spacial score (nSPS) is 19.2. The van der Waals surface area contributed by atoms with Crippen LogP contribution in [-0.2, 0) is 0 Å². The van der Waals surface area contributed by atoms with E-state index in [0.29, 0.717) is 12.0 Å². The molecule has 1 aromatic heterocycles. The van der Waals surface area contributed by atoms with Crippen LogP contribution in [0.25, 0.3) is 0 Å². The molecule has 1 aliphatic rings. The van der Waals surface area contributed by atoms with E-state index < -0.39 is 0 Å². The van der Waals surface area contributed by atoms with Crippen LogP contribution in [0.5, 0.6) is 0 Å². The van der Waals surface area contributed by atoms with Crippen LogP contribution < -0.4 is 5.32 Å². The topological polar surface area (TPSA) is 41.1 Å². The average Bonchev–Trinajstić information content (AvgIpc) is 2.38. The molecule has 0 amide bonds. The smallest absolute Gasteiger partial charge is 0.145 e. The van der Waals surface area contributed by atoms with E-state index in [1.165, 1.54) is 0 Å². The Labute approximate surface area is 110 Å². The minimum Gasteiger partial charge on any atom is -0.314 e.